The number of aryl methyl sites for hydroxylation is 1. The summed E-state index contributed by atoms with van der Waals surface area (Å²) in [6.07, 6.45) is 2.12. The smallest absolute Gasteiger partial charge is 0.220 e. The molecule has 112 valence electrons. The van der Waals surface area contributed by atoms with E-state index in [-0.39, 0.29) is 11.4 Å². The average molecular weight is 407 g/mol. The lowest BCUT2D eigenvalue weighted by Gasteiger charge is -2.30. The van der Waals surface area contributed by atoms with Gasteiger partial charge in [0.05, 0.1) is 12.6 Å². The second-order valence-electron chi connectivity index (χ2n) is 4.80. The molecule has 0 saturated heterocycles. The van der Waals surface area contributed by atoms with E-state index in [1.165, 1.54) is 0 Å². The van der Waals surface area contributed by atoms with Gasteiger partial charge in [-0.1, -0.05) is 50.9 Å². The zero-order valence-corrected chi connectivity index (χ0v) is 15.1. The summed E-state index contributed by atoms with van der Waals surface area (Å²) in [6.45, 7) is 2.08. The van der Waals surface area contributed by atoms with E-state index in [9.17, 15) is 4.79 Å². The number of rotatable bonds is 8. The van der Waals surface area contributed by atoms with E-state index >= 15 is 0 Å². The maximum atomic E-state index is 12.1. The number of hydrogen-bond acceptors (Lipinski definition) is 2. The van der Waals surface area contributed by atoms with E-state index in [1.54, 1.807) is 7.11 Å². The number of amides is 1. The number of ether oxygens (including phenoxy) is 1. The van der Waals surface area contributed by atoms with Gasteiger partial charge in [0.25, 0.3) is 0 Å². The number of alkyl halides is 2. The lowest BCUT2D eigenvalue weighted by molar-refractivity contribution is -0.122. The van der Waals surface area contributed by atoms with E-state index < -0.39 is 0 Å². The quantitative estimate of drug-likeness (QED) is 0.668. The number of halogens is 2. The van der Waals surface area contributed by atoms with Gasteiger partial charge in [-0.15, -0.1) is 0 Å². The van der Waals surface area contributed by atoms with Crippen LogP contribution in [0.3, 0.4) is 0 Å². The third kappa shape index (κ3) is 5.09. The molecule has 1 aromatic carbocycles. The van der Waals surface area contributed by atoms with E-state index in [4.69, 9.17) is 4.74 Å². The lowest BCUT2D eigenvalue weighted by Crippen LogP contribution is -2.51. The van der Waals surface area contributed by atoms with Crippen LogP contribution in [0.25, 0.3) is 0 Å². The Bertz CT molecular complexity index is 408. The van der Waals surface area contributed by atoms with Gasteiger partial charge in [-0.05, 0) is 30.5 Å². The molecule has 0 aromatic heterocycles. The van der Waals surface area contributed by atoms with Crippen molar-refractivity contribution in [3.63, 3.8) is 0 Å². The van der Waals surface area contributed by atoms with Crippen LogP contribution in [0.2, 0.25) is 0 Å². The molecule has 0 radical (unpaired) electrons. The van der Waals surface area contributed by atoms with Crippen LogP contribution in [0.1, 0.15) is 25.3 Å². The van der Waals surface area contributed by atoms with Crippen molar-refractivity contribution in [1.29, 1.82) is 0 Å². The normalized spacial score (nSPS) is 11.2. The van der Waals surface area contributed by atoms with Crippen molar-refractivity contribution in [2.75, 3.05) is 17.8 Å². The van der Waals surface area contributed by atoms with Gasteiger partial charge in [0.15, 0.2) is 0 Å². The molecule has 20 heavy (non-hydrogen) atoms. The monoisotopic (exact) mass is 405 g/mol. The van der Waals surface area contributed by atoms with Crippen molar-refractivity contribution < 1.29 is 9.53 Å². The Labute approximate surface area is 137 Å². The SMILES string of the molecule is CCC(CBr)(CBr)NC(=O)CCc1ccc(OC)cc1. The van der Waals surface area contributed by atoms with Crippen LogP contribution >= 0.6 is 31.9 Å². The number of benzene rings is 1. The highest BCUT2D eigenvalue weighted by Gasteiger charge is 2.27. The van der Waals surface area contributed by atoms with Gasteiger partial charge in [0, 0.05) is 17.1 Å². The highest BCUT2D eigenvalue weighted by Crippen LogP contribution is 2.17. The first-order chi connectivity index (χ1) is 9.59. The van der Waals surface area contributed by atoms with Crippen molar-refractivity contribution in [2.24, 2.45) is 0 Å². The summed E-state index contributed by atoms with van der Waals surface area (Å²) < 4.78 is 5.11. The van der Waals surface area contributed by atoms with Crippen molar-refractivity contribution in [3.05, 3.63) is 29.8 Å². The number of carbonyl (C=O) groups is 1. The van der Waals surface area contributed by atoms with Gasteiger partial charge in [-0.2, -0.15) is 0 Å². The molecule has 0 atom stereocenters. The molecule has 0 bridgehead atoms. The van der Waals surface area contributed by atoms with Gasteiger partial charge < -0.3 is 10.1 Å². The van der Waals surface area contributed by atoms with Crippen LogP contribution in [-0.2, 0) is 11.2 Å². The molecule has 1 amide bonds. The number of nitrogens with one attached hydrogen (secondary N) is 1. The minimum Gasteiger partial charge on any atom is -0.497 e. The lowest BCUT2D eigenvalue weighted by atomic mass is 10.0. The zero-order chi connectivity index (χ0) is 15.0. The summed E-state index contributed by atoms with van der Waals surface area (Å²) in [5, 5.41) is 4.61. The molecule has 1 rings (SSSR count). The number of hydrogen-bond donors (Lipinski definition) is 1. The maximum absolute atomic E-state index is 12.1. The van der Waals surface area contributed by atoms with Crippen molar-refractivity contribution in [2.45, 2.75) is 31.7 Å². The molecule has 0 heterocycles. The fourth-order valence-corrected chi connectivity index (χ4v) is 3.79. The molecule has 1 aromatic rings. The van der Waals surface area contributed by atoms with Gasteiger partial charge in [0.2, 0.25) is 5.91 Å². The summed E-state index contributed by atoms with van der Waals surface area (Å²) in [6, 6.07) is 7.82. The maximum Gasteiger partial charge on any atom is 0.220 e. The summed E-state index contributed by atoms with van der Waals surface area (Å²) in [5.41, 5.74) is 0.942. The fraction of sp³-hybridized carbons (Fsp3) is 0.533. The second kappa shape index (κ2) is 8.67. The van der Waals surface area contributed by atoms with E-state index in [0.29, 0.717) is 6.42 Å². The molecular formula is C15H21Br2NO2. The van der Waals surface area contributed by atoms with Crippen LogP contribution in [0, 0.1) is 0 Å². The Morgan fingerprint density at radius 1 is 1.25 bits per heavy atom. The third-order valence-electron chi connectivity index (χ3n) is 3.39. The minimum absolute atomic E-state index is 0.0848. The van der Waals surface area contributed by atoms with Gasteiger partial charge in [-0.3, -0.25) is 4.79 Å². The standard InChI is InChI=1S/C15H21Br2NO2/c1-3-15(10-16,11-17)18-14(19)9-6-12-4-7-13(20-2)8-5-12/h4-5,7-8H,3,6,9-11H2,1-2H3,(H,18,19). The Morgan fingerprint density at radius 3 is 2.30 bits per heavy atom. The van der Waals surface area contributed by atoms with E-state index in [0.717, 1.165) is 34.8 Å². The molecular weight excluding hydrogens is 386 g/mol. The molecule has 0 spiro atoms. The van der Waals surface area contributed by atoms with Crippen LogP contribution in [0.5, 0.6) is 5.75 Å². The number of carbonyl (C=O) groups excluding carboxylic acids is 1. The molecule has 0 aliphatic rings. The Balaban J connectivity index is 2.50. The Hall–Kier alpha value is -0.550. The molecule has 1 N–H and O–H groups in total. The number of methoxy groups -OCH3 is 1. The third-order valence-corrected chi connectivity index (χ3v) is 5.54. The summed E-state index contributed by atoms with van der Waals surface area (Å²) in [4.78, 5) is 12.1. The summed E-state index contributed by atoms with van der Waals surface area (Å²) in [5.74, 6) is 0.920. The first kappa shape index (κ1) is 17.5. The fourth-order valence-electron chi connectivity index (χ4n) is 1.79. The topological polar surface area (TPSA) is 38.3 Å². The predicted octanol–water partition coefficient (Wildman–Crippen LogP) is 3.68. The Kier molecular flexibility index (Phi) is 7.59. The molecule has 0 saturated carbocycles. The van der Waals surface area contributed by atoms with Crippen LogP contribution in [-0.4, -0.2) is 29.2 Å². The van der Waals surface area contributed by atoms with E-state index in [1.807, 2.05) is 24.3 Å². The molecule has 0 aliphatic carbocycles. The van der Waals surface area contributed by atoms with Crippen LogP contribution < -0.4 is 10.1 Å². The molecule has 0 fully saturated rings. The minimum atomic E-state index is -0.197. The summed E-state index contributed by atoms with van der Waals surface area (Å²) in [7, 11) is 1.65. The van der Waals surface area contributed by atoms with Crippen molar-refractivity contribution in [1.82, 2.24) is 5.32 Å². The zero-order valence-electron chi connectivity index (χ0n) is 11.9. The van der Waals surface area contributed by atoms with E-state index in [2.05, 4.69) is 44.1 Å². The molecule has 5 heteroatoms. The van der Waals surface area contributed by atoms with Crippen LogP contribution in [0.15, 0.2) is 24.3 Å². The molecule has 0 aliphatic heterocycles. The highest BCUT2D eigenvalue weighted by atomic mass is 79.9. The van der Waals surface area contributed by atoms with Gasteiger partial charge >= 0.3 is 0 Å². The Morgan fingerprint density at radius 2 is 1.85 bits per heavy atom. The average Bonchev–Trinajstić information content (AvgIpc) is 2.51. The first-order valence-electron chi connectivity index (χ1n) is 6.65. The van der Waals surface area contributed by atoms with Crippen LogP contribution in [0.4, 0.5) is 0 Å². The van der Waals surface area contributed by atoms with Gasteiger partial charge in [0.1, 0.15) is 5.75 Å². The van der Waals surface area contributed by atoms with Gasteiger partial charge in [-0.25, -0.2) is 0 Å². The second-order valence-corrected chi connectivity index (χ2v) is 5.92. The first-order valence-corrected chi connectivity index (χ1v) is 8.89. The molecule has 0 unspecified atom stereocenters. The summed E-state index contributed by atoms with van der Waals surface area (Å²) >= 11 is 6.95. The van der Waals surface area contributed by atoms with Crippen molar-refractivity contribution in [3.8, 4) is 5.75 Å². The largest absolute Gasteiger partial charge is 0.497 e. The molecule has 3 nitrogen and oxygen atoms in total. The highest BCUT2D eigenvalue weighted by molar-refractivity contribution is 9.09. The predicted molar refractivity (Wildman–Crippen MR) is 90.1 cm³/mol. The van der Waals surface area contributed by atoms with Crippen molar-refractivity contribution >= 4 is 37.8 Å².